The van der Waals surface area contributed by atoms with Crippen LogP contribution in [-0.2, 0) is 4.79 Å². The number of amides is 1. The molecule has 1 heterocycles. The molecule has 1 amide bonds. The molecule has 0 aromatic carbocycles. The lowest BCUT2D eigenvalue weighted by atomic mass is 9.80. The van der Waals surface area contributed by atoms with Crippen molar-refractivity contribution in [2.75, 3.05) is 33.7 Å². The highest BCUT2D eigenvalue weighted by molar-refractivity contribution is 5.77. The van der Waals surface area contributed by atoms with Crippen LogP contribution in [0.4, 0.5) is 0 Å². The van der Waals surface area contributed by atoms with Gasteiger partial charge >= 0.3 is 0 Å². The zero-order chi connectivity index (χ0) is 13.9. The number of nitrogens with zero attached hydrogens (tertiary/aromatic N) is 2. The van der Waals surface area contributed by atoms with Gasteiger partial charge in [0.25, 0.3) is 0 Å². The number of likely N-dealkylation sites (tertiary alicyclic amines) is 1. The Bertz CT molecular complexity index is 313. The van der Waals surface area contributed by atoms with Crippen LogP contribution in [0.15, 0.2) is 0 Å². The largest absolute Gasteiger partial charge is 0.345 e. The number of nitrogens with two attached hydrogens (primary N) is 1. The maximum Gasteiger partial charge on any atom is 0.224 e. The van der Waals surface area contributed by atoms with Crippen LogP contribution >= 0.6 is 0 Å². The predicted octanol–water partition coefficient (Wildman–Crippen LogP) is 1.45. The molecule has 110 valence electrons. The highest BCUT2D eigenvalue weighted by Gasteiger charge is 2.32. The SMILES string of the molecule is CN1CCC(CN(C)C(=O)CC2(N)CCCCC2)C1. The smallest absolute Gasteiger partial charge is 0.224 e. The van der Waals surface area contributed by atoms with Gasteiger partial charge in [-0.25, -0.2) is 0 Å². The first-order chi connectivity index (χ1) is 8.98. The van der Waals surface area contributed by atoms with Crippen LogP contribution < -0.4 is 5.73 Å². The quantitative estimate of drug-likeness (QED) is 0.838. The molecule has 2 N–H and O–H groups in total. The Morgan fingerprint density at radius 2 is 2.05 bits per heavy atom. The van der Waals surface area contributed by atoms with Gasteiger partial charge in [0.15, 0.2) is 0 Å². The monoisotopic (exact) mass is 267 g/mol. The van der Waals surface area contributed by atoms with Gasteiger partial charge in [0.1, 0.15) is 0 Å². The van der Waals surface area contributed by atoms with E-state index in [4.69, 9.17) is 5.73 Å². The second kappa shape index (κ2) is 6.23. The van der Waals surface area contributed by atoms with Crippen molar-refractivity contribution in [3.63, 3.8) is 0 Å². The summed E-state index contributed by atoms with van der Waals surface area (Å²) in [7, 11) is 4.09. The van der Waals surface area contributed by atoms with Crippen LogP contribution in [-0.4, -0.2) is 55.0 Å². The van der Waals surface area contributed by atoms with E-state index in [2.05, 4.69) is 11.9 Å². The maximum atomic E-state index is 12.3. The zero-order valence-corrected chi connectivity index (χ0v) is 12.5. The Balaban J connectivity index is 1.78. The predicted molar refractivity (Wildman–Crippen MR) is 77.9 cm³/mol. The third-order valence-corrected chi connectivity index (χ3v) is 4.80. The van der Waals surface area contributed by atoms with E-state index in [1.54, 1.807) is 0 Å². The van der Waals surface area contributed by atoms with Crippen molar-refractivity contribution in [1.29, 1.82) is 0 Å². The molecule has 1 atom stereocenters. The molecule has 4 nitrogen and oxygen atoms in total. The second-order valence-corrected chi connectivity index (χ2v) is 6.79. The van der Waals surface area contributed by atoms with Gasteiger partial charge in [0.05, 0.1) is 0 Å². The van der Waals surface area contributed by atoms with Gasteiger partial charge in [-0.05, 0) is 38.8 Å². The zero-order valence-electron chi connectivity index (χ0n) is 12.5. The Morgan fingerprint density at radius 1 is 1.37 bits per heavy atom. The fraction of sp³-hybridized carbons (Fsp3) is 0.933. The van der Waals surface area contributed by atoms with E-state index >= 15 is 0 Å². The van der Waals surface area contributed by atoms with Crippen molar-refractivity contribution in [2.24, 2.45) is 11.7 Å². The molecule has 1 saturated carbocycles. The summed E-state index contributed by atoms with van der Waals surface area (Å²) in [4.78, 5) is 16.6. The van der Waals surface area contributed by atoms with Crippen LogP contribution in [0.5, 0.6) is 0 Å². The molecule has 2 rings (SSSR count). The molecule has 4 heteroatoms. The molecule has 0 spiro atoms. The van der Waals surface area contributed by atoms with Gasteiger partial charge in [0, 0.05) is 32.1 Å². The van der Waals surface area contributed by atoms with Crippen molar-refractivity contribution in [2.45, 2.75) is 50.5 Å². The van der Waals surface area contributed by atoms with Gasteiger partial charge in [-0.15, -0.1) is 0 Å². The summed E-state index contributed by atoms with van der Waals surface area (Å²) < 4.78 is 0. The van der Waals surface area contributed by atoms with E-state index in [9.17, 15) is 4.79 Å². The summed E-state index contributed by atoms with van der Waals surface area (Å²) in [5.74, 6) is 0.873. The molecule has 2 aliphatic rings. The molecule has 1 aliphatic heterocycles. The van der Waals surface area contributed by atoms with Crippen molar-refractivity contribution >= 4 is 5.91 Å². The van der Waals surface area contributed by atoms with Crippen molar-refractivity contribution in [3.05, 3.63) is 0 Å². The summed E-state index contributed by atoms with van der Waals surface area (Å²) >= 11 is 0. The van der Waals surface area contributed by atoms with Crippen LogP contribution in [0.3, 0.4) is 0 Å². The number of carbonyl (C=O) groups is 1. The van der Waals surface area contributed by atoms with E-state index in [0.29, 0.717) is 12.3 Å². The fourth-order valence-electron chi connectivity index (χ4n) is 3.53. The van der Waals surface area contributed by atoms with E-state index < -0.39 is 0 Å². The summed E-state index contributed by atoms with van der Waals surface area (Å²) in [5, 5.41) is 0. The molecule has 2 fully saturated rings. The molecular formula is C15H29N3O. The Hall–Kier alpha value is -0.610. The van der Waals surface area contributed by atoms with Crippen LogP contribution in [0.1, 0.15) is 44.9 Å². The third kappa shape index (κ3) is 4.18. The average Bonchev–Trinajstić information content (AvgIpc) is 2.75. The lowest BCUT2D eigenvalue weighted by Crippen LogP contribution is -2.47. The number of rotatable bonds is 4. The Morgan fingerprint density at radius 3 is 2.63 bits per heavy atom. The first-order valence-electron chi connectivity index (χ1n) is 7.70. The molecular weight excluding hydrogens is 238 g/mol. The first-order valence-corrected chi connectivity index (χ1v) is 7.70. The molecule has 1 aliphatic carbocycles. The number of hydrogen-bond acceptors (Lipinski definition) is 3. The minimum atomic E-state index is -0.226. The lowest BCUT2D eigenvalue weighted by Gasteiger charge is -2.34. The number of carbonyl (C=O) groups excluding carboxylic acids is 1. The van der Waals surface area contributed by atoms with Crippen molar-refractivity contribution in [3.8, 4) is 0 Å². The second-order valence-electron chi connectivity index (χ2n) is 6.79. The van der Waals surface area contributed by atoms with Gasteiger partial charge in [-0.3, -0.25) is 4.79 Å². The minimum Gasteiger partial charge on any atom is -0.345 e. The normalized spacial score (nSPS) is 27.4. The molecule has 0 radical (unpaired) electrons. The average molecular weight is 267 g/mol. The fourth-order valence-corrected chi connectivity index (χ4v) is 3.53. The Kier molecular flexibility index (Phi) is 4.85. The molecule has 0 aromatic rings. The van der Waals surface area contributed by atoms with E-state index in [0.717, 1.165) is 32.5 Å². The molecule has 1 saturated heterocycles. The van der Waals surface area contributed by atoms with Crippen LogP contribution in [0, 0.1) is 5.92 Å². The maximum absolute atomic E-state index is 12.3. The topological polar surface area (TPSA) is 49.6 Å². The summed E-state index contributed by atoms with van der Waals surface area (Å²) in [6.07, 6.45) is 7.41. The molecule has 1 unspecified atom stereocenters. The third-order valence-electron chi connectivity index (χ3n) is 4.80. The number of hydrogen-bond donors (Lipinski definition) is 1. The van der Waals surface area contributed by atoms with E-state index in [1.165, 1.54) is 25.7 Å². The standard InChI is InChI=1S/C15H29N3O/c1-17-9-6-13(11-17)12-18(2)14(19)10-15(16)7-4-3-5-8-15/h13H,3-12,16H2,1-2H3. The molecule has 0 bridgehead atoms. The van der Waals surface area contributed by atoms with E-state index in [-0.39, 0.29) is 11.4 Å². The van der Waals surface area contributed by atoms with Crippen molar-refractivity contribution < 1.29 is 4.79 Å². The Labute approximate surface area is 117 Å². The summed E-state index contributed by atoms with van der Waals surface area (Å²) in [6.45, 7) is 3.16. The molecule has 19 heavy (non-hydrogen) atoms. The minimum absolute atomic E-state index is 0.226. The highest BCUT2D eigenvalue weighted by atomic mass is 16.2. The summed E-state index contributed by atoms with van der Waals surface area (Å²) in [6, 6.07) is 0. The van der Waals surface area contributed by atoms with Gasteiger partial charge in [-0.2, -0.15) is 0 Å². The molecule has 0 aromatic heterocycles. The van der Waals surface area contributed by atoms with Crippen molar-refractivity contribution in [1.82, 2.24) is 9.80 Å². The first kappa shape index (κ1) is 14.8. The highest BCUT2D eigenvalue weighted by Crippen LogP contribution is 2.29. The van der Waals surface area contributed by atoms with Gasteiger partial charge in [0.2, 0.25) is 5.91 Å². The van der Waals surface area contributed by atoms with Crippen LogP contribution in [0.2, 0.25) is 0 Å². The van der Waals surface area contributed by atoms with E-state index in [1.807, 2.05) is 11.9 Å². The van der Waals surface area contributed by atoms with Crippen LogP contribution in [0.25, 0.3) is 0 Å². The summed E-state index contributed by atoms with van der Waals surface area (Å²) in [5.41, 5.74) is 6.15. The van der Waals surface area contributed by atoms with Gasteiger partial charge in [-0.1, -0.05) is 19.3 Å². The lowest BCUT2D eigenvalue weighted by molar-refractivity contribution is -0.132. The van der Waals surface area contributed by atoms with Gasteiger partial charge < -0.3 is 15.5 Å².